The van der Waals surface area contributed by atoms with Crippen molar-refractivity contribution in [2.24, 2.45) is 5.73 Å². The van der Waals surface area contributed by atoms with Gasteiger partial charge < -0.3 is 25.3 Å². The van der Waals surface area contributed by atoms with Crippen LogP contribution in [0.3, 0.4) is 0 Å². The molecule has 0 spiro atoms. The van der Waals surface area contributed by atoms with Crippen LogP contribution in [0.15, 0.2) is 18.2 Å². The normalized spacial score (nSPS) is 15.5. The van der Waals surface area contributed by atoms with Gasteiger partial charge in [-0.05, 0) is 12.8 Å². The molecule has 110 valence electrons. The van der Waals surface area contributed by atoms with E-state index in [9.17, 15) is 4.79 Å². The van der Waals surface area contributed by atoms with Crippen molar-refractivity contribution in [1.82, 2.24) is 5.32 Å². The van der Waals surface area contributed by atoms with Gasteiger partial charge in [-0.3, -0.25) is 4.79 Å². The van der Waals surface area contributed by atoms with Crippen LogP contribution in [0.25, 0.3) is 0 Å². The number of methoxy groups -OCH3 is 2. The molecule has 0 radical (unpaired) electrons. The highest BCUT2D eigenvalue weighted by atomic mass is 16.5. The lowest BCUT2D eigenvalue weighted by molar-refractivity contribution is -0.120. The van der Waals surface area contributed by atoms with Crippen molar-refractivity contribution < 1.29 is 19.0 Å². The number of rotatable bonds is 8. The minimum absolute atomic E-state index is 0.183. The van der Waals surface area contributed by atoms with Crippen LogP contribution in [0.1, 0.15) is 12.8 Å². The Morgan fingerprint density at radius 3 is 2.25 bits per heavy atom. The van der Waals surface area contributed by atoms with E-state index in [1.165, 1.54) is 0 Å². The highest BCUT2D eigenvalue weighted by Gasteiger charge is 2.27. The van der Waals surface area contributed by atoms with Crippen molar-refractivity contribution in [2.75, 3.05) is 20.8 Å². The fourth-order valence-electron chi connectivity index (χ4n) is 1.79. The summed E-state index contributed by atoms with van der Waals surface area (Å²) in [5.74, 6) is 1.42. The van der Waals surface area contributed by atoms with E-state index in [1.807, 2.05) is 0 Å². The average Bonchev–Trinajstić information content (AvgIpc) is 3.26. The van der Waals surface area contributed by atoms with Gasteiger partial charge in [0.25, 0.3) is 0 Å². The molecule has 0 bridgehead atoms. The van der Waals surface area contributed by atoms with E-state index in [4.69, 9.17) is 19.9 Å². The van der Waals surface area contributed by atoms with Crippen LogP contribution in [-0.4, -0.2) is 38.8 Å². The minimum atomic E-state index is -0.486. The number of primary amides is 1. The highest BCUT2D eigenvalue weighted by molar-refractivity contribution is 5.80. The number of benzene rings is 1. The largest absolute Gasteiger partial charge is 0.496 e. The molecule has 1 aliphatic rings. The minimum Gasteiger partial charge on any atom is -0.496 e. The number of amides is 1. The molecule has 1 aromatic carbocycles. The summed E-state index contributed by atoms with van der Waals surface area (Å²) < 4.78 is 15.9. The van der Waals surface area contributed by atoms with Gasteiger partial charge in [-0.1, -0.05) is 0 Å². The Morgan fingerprint density at radius 1 is 1.25 bits per heavy atom. The van der Waals surface area contributed by atoms with Gasteiger partial charge in [-0.15, -0.1) is 0 Å². The molecule has 6 nitrogen and oxygen atoms in total. The van der Waals surface area contributed by atoms with Gasteiger partial charge in [0, 0.05) is 24.2 Å². The summed E-state index contributed by atoms with van der Waals surface area (Å²) in [6, 6.07) is 5.12. The van der Waals surface area contributed by atoms with Crippen LogP contribution in [0.2, 0.25) is 0 Å². The monoisotopic (exact) mass is 280 g/mol. The number of nitrogens with one attached hydrogen (secondary N) is 1. The van der Waals surface area contributed by atoms with Crippen LogP contribution in [0.4, 0.5) is 0 Å². The van der Waals surface area contributed by atoms with Crippen molar-refractivity contribution in [3.63, 3.8) is 0 Å². The van der Waals surface area contributed by atoms with Crippen LogP contribution in [0, 0.1) is 0 Å². The van der Waals surface area contributed by atoms with E-state index >= 15 is 0 Å². The molecule has 1 aromatic rings. The van der Waals surface area contributed by atoms with Crippen molar-refractivity contribution in [2.45, 2.75) is 24.9 Å². The predicted octanol–water partition coefficient (Wildman–Crippen LogP) is 0.688. The molecule has 1 fully saturated rings. The third kappa shape index (κ3) is 4.03. The average molecular weight is 280 g/mol. The Labute approximate surface area is 118 Å². The third-order valence-electron chi connectivity index (χ3n) is 3.10. The van der Waals surface area contributed by atoms with Gasteiger partial charge in [0.1, 0.15) is 29.9 Å². The van der Waals surface area contributed by atoms with Crippen molar-refractivity contribution >= 4 is 5.91 Å². The summed E-state index contributed by atoms with van der Waals surface area (Å²) in [4.78, 5) is 11.4. The zero-order valence-electron chi connectivity index (χ0n) is 11.7. The molecule has 0 heterocycles. The molecule has 0 aliphatic heterocycles. The Kier molecular flexibility index (Phi) is 4.68. The summed E-state index contributed by atoms with van der Waals surface area (Å²) in [5.41, 5.74) is 5.36. The number of hydrogen-bond acceptors (Lipinski definition) is 5. The molecule has 2 rings (SSSR count). The molecule has 1 unspecified atom stereocenters. The maximum absolute atomic E-state index is 11.4. The smallest absolute Gasteiger partial charge is 0.238 e. The molecule has 0 saturated heterocycles. The summed E-state index contributed by atoms with van der Waals surface area (Å²) in [5, 5.41) is 3.16. The maximum Gasteiger partial charge on any atom is 0.238 e. The lowest BCUT2D eigenvalue weighted by Crippen LogP contribution is -2.46. The molecule has 1 atom stereocenters. The van der Waals surface area contributed by atoms with Crippen LogP contribution >= 0.6 is 0 Å². The Morgan fingerprint density at radius 2 is 1.80 bits per heavy atom. The maximum atomic E-state index is 11.4. The Bertz CT molecular complexity index is 452. The molecule has 1 saturated carbocycles. The third-order valence-corrected chi connectivity index (χ3v) is 3.10. The first-order valence-corrected chi connectivity index (χ1v) is 6.53. The first-order valence-electron chi connectivity index (χ1n) is 6.53. The van der Waals surface area contributed by atoms with Crippen molar-refractivity contribution in [3.05, 3.63) is 18.2 Å². The Hall–Kier alpha value is -1.95. The summed E-state index contributed by atoms with van der Waals surface area (Å²) in [7, 11) is 3.14. The fraction of sp³-hybridized carbons (Fsp3) is 0.500. The lowest BCUT2D eigenvalue weighted by atomic mass is 10.2. The van der Waals surface area contributed by atoms with Crippen LogP contribution in [-0.2, 0) is 4.79 Å². The highest BCUT2D eigenvalue weighted by Crippen LogP contribution is 2.27. The summed E-state index contributed by atoms with van der Waals surface area (Å²) in [6.07, 6.45) is 2.16. The van der Waals surface area contributed by atoms with Crippen LogP contribution < -0.4 is 25.3 Å². The van der Waals surface area contributed by atoms with Crippen LogP contribution in [0.5, 0.6) is 17.2 Å². The van der Waals surface area contributed by atoms with Gasteiger partial charge in [0.2, 0.25) is 5.91 Å². The first kappa shape index (κ1) is 14.5. The zero-order valence-corrected chi connectivity index (χ0v) is 11.7. The lowest BCUT2D eigenvalue weighted by Gasteiger charge is -2.16. The van der Waals surface area contributed by atoms with E-state index in [0.717, 1.165) is 12.8 Å². The van der Waals surface area contributed by atoms with Crippen molar-refractivity contribution in [1.29, 1.82) is 0 Å². The Balaban J connectivity index is 1.98. The van der Waals surface area contributed by atoms with Gasteiger partial charge in [-0.25, -0.2) is 0 Å². The second-order valence-corrected chi connectivity index (χ2v) is 4.76. The van der Waals surface area contributed by atoms with E-state index in [-0.39, 0.29) is 6.61 Å². The SMILES string of the molecule is COc1cc(OC)cc(OCC(NC2CC2)C(N)=O)c1. The second kappa shape index (κ2) is 6.47. The summed E-state index contributed by atoms with van der Waals surface area (Å²) >= 11 is 0. The van der Waals surface area contributed by atoms with Gasteiger partial charge >= 0.3 is 0 Å². The number of carbonyl (C=O) groups is 1. The molecule has 0 aromatic heterocycles. The van der Waals surface area contributed by atoms with Crippen molar-refractivity contribution in [3.8, 4) is 17.2 Å². The van der Waals surface area contributed by atoms with Gasteiger partial charge in [0.05, 0.1) is 14.2 Å². The molecular weight excluding hydrogens is 260 g/mol. The second-order valence-electron chi connectivity index (χ2n) is 4.76. The molecule has 20 heavy (non-hydrogen) atoms. The number of hydrogen-bond donors (Lipinski definition) is 2. The van der Waals surface area contributed by atoms with E-state index in [1.54, 1.807) is 32.4 Å². The topological polar surface area (TPSA) is 82.8 Å². The number of carbonyl (C=O) groups excluding carboxylic acids is 1. The van der Waals surface area contributed by atoms with E-state index in [2.05, 4.69) is 5.32 Å². The molecule has 6 heteroatoms. The summed E-state index contributed by atoms with van der Waals surface area (Å²) in [6.45, 7) is 0.183. The predicted molar refractivity (Wildman–Crippen MR) is 74.2 cm³/mol. The molecule has 3 N–H and O–H groups in total. The van der Waals surface area contributed by atoms with Gasteiger partial charge in [-0.2, -0.15) is 0 Å². The fourth-order valence-corrected chi connectivity index (χ4v) is 1.79. The van der Waals surface area contributed by atoms with E-state index in [0.29, 0.717) is 23.3 Å². The molecule has 1 amide bonds. The standard InChI is InChI=1S/C14H20N2O4/c1-18-10-5-11(19-2)7-12(6-10)20-8-13(14(15)17)16-9-3-4-9/h5-7,9,13,16H,3-4,8H2,1-2H3,(H2,15,17). The molecule has 1 aliphatic carbocycles. The molecular formula is C14H20N2O4. The first-order chi connectivity index (χ1) is 9.62. The van der Waals surface area contributed by atoms with E-state index < -0.39 is 11.9 Å². The zero-order chi connectivity index (χ0) is 14.5. The van der Waals surface area contributed by atoms with Gasteiger partial charge in [0.15, 0.2) is 0 Å². The number of ether oxygens (including phenoxy) is 3. The quantitative estimate of drug-likeness (QED) is 0.732. The number of nitrogens with two attached hydrogens (primary N) is 1.